The summed E-state index contributed by atoms with van der Waals surface area (Å²) in [5, 5.41) is 8.88. The lowest BCUT2D eigenvalue weighted by molar-refractivity contribution is 0.0143. The molecule has 4 heterocycles. The van der Waals surface area contributed by atoms with Crippen molar-refractivity contribution >= 4 is 22.6 Å². The molecule has 3 aromatic rings. The fraction of sp³-hybridized carbons (Fsp3) is 0.222. The molecule has 0 spiro atoms. The Balaban J connectivity index is 1.36. The molecule has 1 saturated heterocycles. The maximum atomic E-state index is 11.6. The maximum absolute atomic E-state index is 11.6. The van der Waals surface area contributed by atoms with E-state index in [0.717, 1.165) is 25.2 Å². The fourth-order valence-corrected chi connectivity index (χ4v) is 3.03. The van der Waals surface area contributed by atoms with Gasteiger partial charge in [0.1, 0.15) is 28.6 Å². The molecular weight excluding hydrogens is 354 g/mol. The molecule has 26 heavy (non-hydrogen) atoms. The summed E-state index contributed by atoms with van der Waals surface area (Å²) >= 11 is 5.82. The molecule has 1 aliphatic rings. The van der Waals surface area contributed by atoms with Crippen LogP contribution in [0.4, 0.5) is 0 Å². The molecule has 0 atom stereocenters. The number of halogens is 1. The number of aromatic nitrogens is 3. The Morgan fingerprint density at radius 2 is 2.15 bits per heavy atom. The van der Waals surface area contributed by atoms with Crippen molar-refractivity contribution in [3.63, 3.8) is 0 Å². The van der Waals surface area contributed by atoms with Crippen LogP contribution in [0.2, 0.25) is 5.02 Å². The lowest BCUT2D eigenvalue weighted by Gasteiger charge is -2.38. The van der Waals surface area contributed by atoms with E-state index in [1.807, 2.05) is 12.1 Å². The number of hydrogen-bond donors (Lipinski definition) is 1. The number of fused-ring (bicyclic) bond motifs is 1. The zero-order valence-electron chi connectivity index (χ0n) is 13.6. The van der Waals surface area contributed by atoms with Gasteiger partial charge in [-0.2, -0.15) is 5.26 Å². The van der Waals surface area contributed by atoms with Crippen molar-refractivity contribution in [1.29, 1.82) is 5.26 Å². The van der Waals surface area contributed by atoms with E-state index in [1.165, 1.54) is 0 Å². The highest BCUT2D eigenvalue weighted by Crippen LogP contribution is 2.20. The summed E-state index contributed by atoms with van der Waals surface area (Å²) in [5.41, 5.74) is 2.40. The molecule has 0 saturated carbocycles. The van der Waals surface area contributed by atoms with E-state index in [9.17, 15) is 4.79 Å². The monoisotopic (exact) mass is 367 g/mol. The normalized spacial score (nSPS) is 14.8. The molecule has 4 rings (SSSR count). The van der Waals surface area contributed by atoms with Crippen LogP contribution in [-0.4, -0.2) is 39.0 Å². The summed E-state index contributed by atoms with van der Waals surface area (Å²) in [4.78, 5) is 24.9. The molecule has 0 radical (unpaired) electrons. The molecule has 0 aliphatic carbocycles. The standard InChI is InChI=1S/C18H14ClN5O2/c19-15-4-16-17(23-18(15)25)3-11(6-22-16)8-24-9-14(10-24)26-13-2-1-12(5-20)21-7-13/h1-4,6-7,14H,8-10H2,(H,23,25). The van der Waals surface area contributed by atoms with Crippen LogP contribution in [0.1, 0.15) is 11.3 Å². The third-order valence-electron chi connectivity index (χ3n) is 4.19. The molecule has 8 heteroatoms. The molecule has 0 bridgehead atoms. The Hall–Kier alpha value is -2.95. The number of hydrogen-bond acceptors (Lipinski definition) is 6. The number of ether oxygens (including phenoxy) is 1. The number of nitriles is 1. The SMILES string of the molecule is N#Cc1ccc(OC2CN(Cc3cnc4cc(Cl)c(=O)[nH]c4c3)C2)cn1. The predicted molar refractivity (Wildman–Crippen MR) is 96.0 cm³/mol. The second-order valence-electron chi connectivity index (χ2n) is 6.15. The van der Waals surface area contributed by atoms with Gasteiger partial charge >= 0.3 is 0 Å². The molecule has 130 valence electrons. The van der Waals surface area contributed by atoms with Crippen LogP contribution in [-0.2, 0) is 6.54 Å². The molecular formula is C18H14ClN5O2. The van der Waals surface area contributed by atoms with Gasteiger partial charge in [-0.25, -0.2) is 4.98 Å². The van der Waals surface area contributed by atoms with Gasteiger partial charge in [-0.3, -0.25) is 14.7 Å². The third kappa shape index (κ3) is 3.38. The molecule has 1 fully saturated rings. The van der Waals surface area contributed by atoms with Crippen molar-refractivity contribution in [3.8, 4) is 11.8 Å². The number of likely N-dealkylation sites (tertiary alicyclic amines) is 1. The van der Waals surface area contributed by atoms with Crippen molar-refractivity contribution < 1.29 is 4.74 Å². The fourth-order valence-electron chi connectivity index (χ4n) is 2.88. The second kappa shape index (κ2) is 6.75. The molecule has 1 aliphatic heterocycles. The van der Waals surface area contributed by atoms with Crippen LogP contribution in [0.15, 0.2) is 41.5 Å². The van der Waals surface area contributed by atoms with E-state index in [1.54, 1.807) is 30.6 Å². The second-order valence-corrected chi connectivity index (χ2v) is 6.55. The highest BCUT2D eigenvalue weighted by molar-refractivity contribution is 6.30. The minimum absolute atomic E-state index is 0.0942. The number of nitrogens with one attached hydrogen (secondary N) is 1. The third-order valence-corrected chi connectivity index (χ3v) is 4.47. The lowest BCUT2D eigenvalue weighted by Crippen LogP contribution is -2.53. The van der Waals surface area contributed by atoms with Gasteiger partial charge in [0.2, 0.25) is 0 Å². The Bertz CT molecular complexity index is 1050. The number of nitrogens with zero attached hydrogens (tertiary/aromatic N) is 4. The summed E-state index contributed by atoms with van der Waals surface area (Å²) in [5.74, 6) is 0.662. The smallest absolute Gasteiger partial charge is 0.267 e. The van der Waals surface area contributed by atoms with Gasteiger partial charge in [-0.1, -0.05) is 11.6 Å². The molecule has 0 unspecified atom stereocenters. The van der Waals surface area contributed by atoms with Crippen LogP contribution in [0.25, 0.3) is 11.0 Å². The van der Waals surface area contributed by atoms with E-state index >= 15 is 0 Å². The zero-order chi connectivity index (χ0) is 18.1. The first kappa shape index (κ1) is 16.5. The Morgan fingerprint density at radius 1 is 1.31 bits per heavy atom. The highest BCUT2D eigenvalue weighted by atomic mass is 35.5. The largest absolute Gasteiger partial charge is 0.486 e. The lowest BCUT2D eigenvalue weighted by atomic mass is 10.1. The van der Waals surface area contributed by atoms with Gasteiger partial charge in [0.15, 0.2) is 0 Å². The Labute approximate surface area is 153 Å². The van der Waals surface area contributed by atoms with Gasteiger partial charge in [-0.15, -0.1) is 0 Å². The van der Waals surface area contributed by atoms with E-state index in [-0.39, 0.29) is 16.7 Å². The van der Waals surface area contributed by atoms with Gasteiger partial charge in [-0.05, 0) is 29.8 Å². The van der Waals surface area contributed by atoms with Crippen molar-refractivity contribution in [3.05, 3.63) is 63.3 Å². The van der Waals surface area contributed by atoms with Crippen LogP contribution in [0.5, 0.6) is 5.75 Å². The number of rotatable bonds is 4. The first-order valence-corrected chi connectivity index (χ1v) is 8.41. The number of H-pyrrole nitrogens is 1. The summed E-state index contributed by atoms with van der Waals surface area (Å²) in [6, 6.07) is 8.85. The zero-order valence-corrected chi connectivity index (χ0v) is 14.4. The van der Waals surface area contributed by atoms with Crippen LogP contribution in [0.3, 0.4) is 0 Å². The quantitative estimate of drug-likeness (QED) is 0.758. The van der Waals surface area contributed by atoms with E-state index in [2.05, 4.69) is 19.9 Å². The Kier molecular flexibility index (Phi) is 4.29. The minimum Gasteiger partial charge on any atom is -0.486 e. The van der Waals surface area contributed by atoms with Crippen molar-refractivity contribution in [2.45, 2.75) is 12.6 Å². The summed E-state index contributed by atoms with van der Waals surface area (Å²) in [6.07, 6.45) is 3.45. The highest BCUT2D eigenvalue weighted by Gasteiger charge is 2.28. The van der Waals surface area contributed by atoms with Crippen molar-refractivity contribution in [1.82, 2.24) is 19.9 Å². The molecule has 3 aromatic heterocycles. The minimum atomic E-state index is -0.313. The van der Waals surface area contributed by atoms with E-state index in [4.69, 9.17) is 21.6 Å². The van der Waals surface area contributed by atoms with Gasteiger partial charge in [0.25, 0.3) is 5.56 Å². The molecule has 0 amide bonds. The van der Waals surface area contributed by atoms with Gasteiger partial charge in [0, 0.05) is 25.8 Å². The summed E-state index contributed by atoms with van der Waals surface area (Å²) in [7, 11) is 0. The molecule has 1 N–H and O–H groups in total. The molecule has 7 nitrogen and oxygen atoms in total. The number of aromatic amines is 1. The van der Waals surface area contributed by atoms with Crippen LogP contribution >= 0.6 is 11.6 Å². The van der Waals surface area contributed by atoms with Gasteiger partial charge in [0.05, 0.1) is 17.2 Å². The predicted octanol–water partition coefficient (Wildman–Crippen LogP) is 2.11. The van der Waals surface area contributed by atoms with Crippen LogP contribution < -0.4 is 10.3 Å². The first-order valence-electron chi connectivity index (χ1n) is 8.03. The summed E-state index contributed by atoms with van der Waals surface area (Å²) < 4.78 is 5.83. The maximum Gasteiger partial charge on any atom is 0.267 e. The van der Waals surface area contributed by atoms with Gasteiger partial charge < -0.3 is 9.72 Å². The van der Waals surface area contributed by atoms with Crippen molar-refractivity contribution in [2.75, 3.05) is 13.1 Å². The van der Waals surface area contributed by atoms with E-state index in [0.29, 0.717) is 22.5 Å². The molecule has 0 aromatic carbocycles. The average Bonchev–Trinajstić information content (AvgIpc) is 2.61. The Morgan fingerprint density at radius 3 is 2.88 bits per heavy atom. The summed E-state index contributed by atoms with van der Waals surface area (Å²) in [6.45, 7) is 2.30. The first-order chi connectivity index (χ1) is 12.6. The average molecular weight is 368 g/mol. The van der Waals surface area contributed by atoms with Crippen LogP contribution in [0, 0.1) is 11.3 Å². The topological polar surface area (TPSA) is 94.9 Å². The van der Waals surface area contributed by atoms with Crippen molar-refractivity contribution in [2.24, 2.45) is 0 Å². The van der Waals surface area contributed by atoms with E-state index < -0.39 is 0 Å². The number of pyridine rings is 3.